The number of nitrogens with zero attached hydrogens (tertiary/aromatic N) is 1. The largest absolute Gasteiger partial charge is 0.504 e. The number of carbonyl (C=O) groups is 4. The van der Waals surface area contributed by atoms with E-state index in [4.69, 9.17) is 4.74 Å². The number of thiol groups is 1. The number of hydrazine groups is 1. The number of nitrogens with one attached hydrogen (secondary N) is 2. The molecule has 1 saturated heterocycles. The predicted octanol–water partition coefficient (Wildman–Crippen LogP) is -1.38. The summed E-state index contributed by atoms with van der Waals surface area (Å²) in [6.45, 7) is 1.59. The van der Waals surface area contributed by atoms with Crippen LogP contribution in [0.4, 0.5) is 4.79 Å². The van der Waals surface area contributed by atoms with Gasteiger partial charge in [0.2, 0.25) is 5.91 Å². The van der Waals surface area contributed by atoms with Crippen molar-refractivity contribution in [2.24, 2.45) is 0 Å². The summed E-state index contributed by atoms with van der Waals surface area (Å²) in [5.74, 6) is -5.68. The van der Waals surface area contributed by atoms with Crippen LogP contribution in [0.5, 0.6) is 17.2 Å². The highest BCUT2D eigenvalue weighted by Crippen LogP contribution is 2.35. The molecule has 0 radical (unpaired) electrons. The number of benzene rings is 1. The number of ether oxygens (including phenoxy) is 1. The fourth-order valence-corrected chi connectivity index (χ4v) is 3.67. The smallest absolute Gasteiger partial charge is 0.426 e. The number of rotatable bonds is 7. The molecule has 0 aliphatic carbocycles. The number of phenols is 3. The molecule has 0 spiro atoms. The lowest BCUT2D eigenvalue weighted by Gasteiger charge is -2.46. The Bertz CT molecular complexity index is 1010. The fraction of sp³-hybridized carbons (Fsp3) is 0.412. The number of carboxylic acids is 1. The number of phenolic OH excluding ortho intramolecular Hbond substituents is 3. The van der Waals surface area contributed by atoms with Crippen LogP contribution < -0.4 is 10.9 Å². The number of aromatic hydroxyl groups is 3. The lowest BCUT2D eigenvalue weighted by atomic mass is 9.92. The Balaban J connectivity index is 2.06. The molecule has 1 aromatic rings. The van der Waals surface area contributed by atoms with Gasteiger partial charge in [0.25, 0.3) is 5.91 Å². The Kier molecular flexibility index (Phi) is 7.03. The minimum Gasteiger partial charge on any atom is -0.504 e. The number of amides is 3. The molecule has 0 bridgehead atoms. The van der Waals surface area contributed by atoms with Crippen molar-refractivity contribution in [3.05, 3.63) is 17.7 Å². The standard InChI is InChI=1S/C17H21N3O11S/c1-7-3-11(23)20(7)13(15(26)27)17(2,32(29)30)6-31-16(28)19-18-14(25)8-4-9(21)12(24)10(22)5-8/h4-5,7,13,21-22,24,32H,3,6H2,1-2H3,(H,18,25)(H,19,28)(H,26,27)/t7-,13+,17+/m1/s1. The molecule has 0 unspecified atom stereocenters. The molecule has 0 saturated carbocycles. The molecule has 3 atom stereocenters. The lowest BCUT2D eigenvalue weighted by Crippen LogP contribution is -2.67. The van der Waals surface area contributed by atoms with E-state index in [0.29, 0.717) is 0 Å². The van der Waals surface area contributed by atoms with Gasteiger partial charge >= 0.3 is 12.1 Å². The van der Waals surface area contributed by atoms with Gasteiger partial charge in [0.1, 0.15) is 11.4 Å². The lowest BCUT2D eigenvalue weighted by molar-refractivity contribution is -0.163. The van der Waals surface area contributed by atoms with E-state index in [1.165, 1.54) is 6.92 Å². The second-order valence-electron chi connectivity index (χ2n) is 7.23. The first-order valence-corrected chi connectivity index (χ1v) is 10.1. The average Bonchev–Trinajstić information content (AvgIpc) is 2.71. The van der Waals surface area contributed by atoms with Crippen molar-refractivity contribution in [1.29, 1.82) is 0 Å². The van der Waals surface area contributed by atoms with Gasteiger partial charge in [-0.25, -0.2) is 23.4 Å². The summed E-state index contributed by atoms with van der Waals surface area (Å²) in [7, 11) is -3.51. The first-order valence-electron chi connectivity index (χ1n) is 8.96. The summed E-state index contributed by atoms with van der Waals surface area (Å²) in [4.78, 5) is 48.3. The van der Waals surface area contributed by atoms with Gasteiger partial charge in [-0.05, 0) is 26.0 Å². The van der Waals surface area contributed by atoms with E-state index in [9.17, 15) is 48.0 Å². The summed E-state index contributed by atoms with van der Waals surface area (Å²) in [5.41, 5.74) is 3.27. The highest BCUT2D eigenvalue weighted by molar-refractivity contribution is 7.74. The topological polar surface area (TPSA) is 220 Å². The first kappa shape index (κ1) is 24.5. The number of aliphatic carboxylic acids is 1. The maximum atomic E-state index is 12.0. The van der Waals surface area contributed by atoms with E-state index < -0.39 is 75.3 Å². The second kappa shape index (κ2) is 9.17. The highest BCUT2D eigenvalue weighted by Gasteiger charge is 2.53. The van der Waals surface area contributed by atoms with E-state index in [0.717, 1.165) is 24.0 Å². The van der Waals surface area contributed by atoms with Crippen molar-refractivity contribution < 1.29 is 52.8 Å². The Morgan fingerprint density at radius 1 is 1.22 bits per heavy atom. The van der Waals surface area contributed by atoms with Crippen molar-refractivity contribution in [1.82, 2.24) is 15.8 Å². The van der Waals surface area contributed by atoms with Crippen LogP contribution in [-0.2, 0) is 25.0 Å². The number of carbonyl (C=O) groups excluding carboxylic acids is 3. The molecule has 1 aromatic carbocycles. The molecule has 1 aliphatic heterocycles. The van der Waals surface area contributed by atoms with Gasteiger partial charge in [-0.2, -0.15) is 0 Å². The molecular weight excluding hydrogens is 454 g/mol. The van der Waals surface area contributed by atoms with Gasteiger partial charge in [0.15, 0.2) is 34.0 Å². The van der Waals surface area contributed by atoms with Crippen LogP contribution in [0.15, 0.2) is 12.1 Å². The molecule has 14 nitrogen and oxygen atoms in total. The molecule has 0 aromatic heterocycles. The van der Waals surface area contributed by atoms with E-state index in [1.54, 1.807) is 5.43 Å². The van der Waals surface area contributed by atoms with Crippen LogP contribution in [0.3, 0.4) is 0 Å². The van der Waals surface area contributed by atoms with Gasteiger partial charge in [-0.3, -0.25) is 15.0 Å². The molecule has 2 rings (SSSR count). The Morgan fingerprint density at radius 3 is 2.22 bits per heavy atom. The number of likely N-dealkylation sites (tertiary alicyclic amines) is 1. The fourth-order valence-electron chi connectivity index (χ4n) is 3.07. The molecule has 176 valence electrons. The molecule has 32 heavy (non-hydrogen) atoms. The number of β-lactam (4-membered cyclic amide) rings is 1. The molecular formula is C17H21N3O11S. The monoisotopic (exact) mass is 475 g/mol. The minimum absolute atomic E-state index is 0.0469. The summed E-state index contributed by atoms with van der Waals surface area (Å²) < 4.78 is 26.3. The SMILES string of the molecule is C[C@@H]1CC(=O)N1[C@@H](C(=O)O)[C@](C)(COC(=O)NNC(=O)c1cc(O)c(O)c(O)c1)[SH](=O)=O. The normalized spacial score (nSPS) is 18.3. The minimum atomic E-state index is -3.51. The molecule has 1 fully saturated rings. The van der Waals surface area contributed by atoms with Crippen LogP contribution in [0, 0.1) is 0 Å². The van der Waals surface area contributed by atoms with E-state index in [2.05, 4.69) is 0 Å². The van der Waals surface area contributed by atoms with E-state index in [-0.39, 0.29) is 12.0 Å². The van der Waals surface area contributed by atoms with Gasteiger partial charge in [0, 0.05) is 18.0 Å². The van der Waals surface area contributed by atoms with Crippen molar-refractivity contribution >= 4 is 34.6 Å². The van der Waals surface area contributed by atoms with Gasteiger partial charge in [0.05, 0.1) is 0 Å². The van der Waals surface area contributed by atoms with Gasteiger partial charge in [-0.1, -0.05) is 0 Å². The van der Waals surface area contributed by atoms with E-state index >= 15 is 0 Å². The van der Waals surface area contributed by atoms with Crippen molar-refractivity contribution in [2.45, 2.75) is 37.1 Å². The highest BCUT2D eigenvalue weighted by atomic mass is 32.2. The van der Waals surface area contributed by atoms with Crippen LogP contribution in [0.25, 0.3) is 0 Å². The number of carboxylic acid groups (broad SMARTS) is 1. The van der Waals surface area contributed by atoms with Crippen LogP contribution >= 0.6 is 0 Å². The molecule has 6 N–H and O–H groups in total. The van der Waals surface area contributed by atoms with Crippen molar-refractivity contribution in [3.8, 4) is 17.2 Å². The van der Waals surface area contributed by atoms with Crippen molar-refractivity contribution in [2.75, 3.05) is 6.61 Å². The maximum Gasteiger partial charge on any atom is 0.426 e. The zero-order valence-corrected chi connectivity index (χ0v) is 17.7. The second-order valence-corrected chi connectivity index (χ2v) is 8.76. The third-order valence-electron chi connectivity index (χ3n) is 4.86. The number of hydrogen-bond acceptors (Lipinski definition) is 10. The Morgan fingerprint density at radius 2 is 1.78 bits per heavy atom. The average molecular weight is 475 g/mol. The Hall–Kier alpha value is -3.75. The van der Waals surface area contributed by atoms with Crippen LogP contribution in [0.2, 0.25) is 0 Å². The quantitative estimate of drug-likeness (QED) is 0.105. The Labute approximate surface area is 182 Å². The zero-order chi connectivity index (χ0) is 24.4. The third kappa shape index (κ3) is 4.77. The van der Waals surface area contributed by atoms with E-state index in [1.807, 2.05) is 5.43 Å². The zero-order valence-electron chi connectivity index (χ0n) is 16.8. The van der Waals surface area contributed by atoms with Crippen LogP contribution in [0.1, 0.15) is 30.6 Å². The van der Waals surface area contributed by atoms with Crippen molar-refractivity contribution in [3.63, 3.8) is 0 Å². The molecule has 1 aliphatic rings. The summed E-state index contributed by atoms with van der Waals surface area (Å²) >= 11 is 0. The molecule has 15 heteroatoms. The third-order valence-corrected chi connectivity index (χ3v) is 6.06. The molecule has 3 amide bonds. The first-order chi connectivity index (χ1) is 14.8. The van der Waals surface area contributed by atoms with Gasteiger partial charge in [-0.15, -0.1) is 0 Å². The number of hydrogen-bond donors (Lipinski definition) is 7. The molecule has 1 heterocycles. The summed E-state index contributed by atoms with van der Waals surface area (Å²) in [5, 5.41) is 37.6. The van der Waals surface area contributed by atoms with Gasteiger partial charge < -0.3 is 30.1 Å². The predicted molar refractivity (Wildman–Crippen MR) is 104 cm³/mol. The summed E-state index contributed by atoms with van der Waals surface area (Å²) in [6, 6.07) is -0.757. The summed E-state index contributed by atoms with van der Waals surface area (Å²) in [6.07, 6.45) is -1.31. The maximum absolute atomic E-state index is 12.0. The van der Waals surface area contributed by atoms with Crippen LogP contribution in [-0.4, -0.2) is 81.1 Å².